The Kier molecular flexibility index (Phi) is 2.81. The van der Waals surface area contributed by atoms with Crippen molar-refractivity contribution >= 4 is 11.6 Å². The minimum Gasteiger partial charge on any atom is -0.345 e. The molecule has 2 heterocycles. The van der Waals surface area contributed by atoms with Crippen molar-refractivity contribution in [2.75, 3.05) is 4.90 Å². The lowest BCUT2D eigenvalue weighted by Gasteiger charge is -2.23. The monoisotopic (exact) mass is 280 g/mol. The minimum atomic E-state index is -4.88. The number of aromatic nitrogens is 1. The molecule has 1 aliphatic heterocycles. The molecule has 0 fully saturated rings. The molecule has 0 unspecified atom stereocenters. The highest BCUT2D eigenvalue weighted by Gasteiger charge is 2.44. The van der Waals surface area contributed by atoms with Gasteiger partial charge in [0.05, 0.1) is 6.54 Å². The lowest BCUT2D eigenvalue weighted by atomic mass is 10.1. The lowest BCUT2D eigenvalue weighted by Crippen LogP contribution is -2.40. The van der Waals surface area contributed by atoms with Crippen LogP contribution in [0.2, 0.25) is 0 Å². The van der Waals surface area contributed by atoms with Gasteiger partial charge in [-0.15, -0.1) is 0 Å². The number of para-hydroxylation sites is 1. The summed E-state index contributed by atoms with van der Waals surface area (Å²) >= 11 is 0. The first kappa shape index (κ1) is 12.8. The van der Waals surface area contributed by atoms with Crippen molar-refractivity contribution in [3.05, 3.63) is 53.9 Å². The number of fused-ring (bicyclic) bond motifs is 2. The molecule has 0 aliphatic carbocycles. The number of amides is 1. The molecule has 0 spiro atoms. The number of hydrogen-bond acceptors (Lipinski definition) is 1. The normalized spacial score (nSPS) is 14.4. The summed E-state index contributed by atoms with van der Waals surface area (Å²) in [4.78, 5) is 12.5. The first-order valence-electron chi connectivity index (χ1n) is 6.07. The molecule has 1 amide bonds. The van der Waals surface area contributed by atoms with Crippen LogP contribution in [0.25, 0.3) is 0 Å². The molecule has 0 N–H and O–H groups in total. The Hall–Kier alpha value is -2.24. The lowest BCUT2D eigenvalue weighted by molar-refractivity contribution is -0.170. The van der Waals surface area contributed by atoms with Crippen molar-refractivity contribution < 1.29 is 18.0 Å². The van der Waals surface area contributed by atoms with Gasteiger partial charge in [-0.2, -0.15) is 13.2 Å². The summed E-state index contributed by atoms with van der Waals surface area (Å²) in [6, 6.07) is 10.2. The number of carbonyl (C=O) groups is 1. The maximum Gasteiger partial charge on any atom is 0.471 e. The van der Waals surface area contributed by atoms with Crippen molar-refractivity contribution in [1.82, 2.24) is 4.57 Å². The standard InChI is InChI=1S/C14H11F3N2O/c15-14(16,17)13(20)19-9-11-5-3-7-18(11)8-10-4-1-2-6-12(10)19/h1-7H,8-9H2. The van der Waals surface area contributed by atoms with E-state index >= 15 is 0 Å². The van der Waals surface area contributed by atoms with Crippen LogP contribution in [-0.2, 0) is 17.9 Å². The molecule has 0 atom stereocenters. The summed E-state index contributed by atoms with van der Waals surface area (Å²) in [5, 5.41) is 0. The molecule has 0 radical (unpaired) electrons. The van der Waals surface area contributed by atoms with Gasteiger partial charge in [0.2, 0.25) is 0 Å². The van der Waals surface area contributed by atoms with Gasteiger partial charge < -0.3 is 4.57 Å². The summed E-state index contributed by atoms with van der Waals surface area (Å²) in [6.07, 6.45) is -3.08. The Morgan fingerprint density at radius 3 is 2.55 bits per heavy atom. The first-order valence-corrected chi connectivity index (χ1v) is 6.07. The van der Waals surface area contributed by atoms with Gasteiger partial charge in [-0.1, -0.05) is 18.2 Å². The number of rotatable bonds is 0. The Bertz CT molecular complexity index is 660. The smallest absolute Gasteiger partial charge is 0.345 e. The zero-order chi connectivity index (χ0) is 14.3. The fourth-order valence-corrected chi connectivity index (χ4v) is 2.42. The summed E-state index contributed by atoms with van der Waals surface area (Å²) in [5.74, 6) is -1.83. The van der Waals surface area contributed by atoms with Crippen molar-refractivity contribution in [2.45, 2.75) is 19.3 Å². The number of nitrogens with zero attached hydrogens (tertiary/aromatic N) is 2. The number of alkyl halides is 3. The Balaban J connectivity index is 2.12. The average Bonchev–Trinajstić information content (AvgIpc) is 2.76. The van der Waals surface area contributed by atoms with Crippen molar-refractivity contribution in [3.8, 4) is 0 Å². The van der Waals surface area contributed by atoms with Gasteiger partial charge in [-0.05, 0) is 23.8 Å². The molecule has 20 heavy (non-hydrogen) atoms. The molecule has 0 saturated carbocycles. The van der Waals surface area contributed by atoms with Crippen LogP contribution >= 0.6 is 0 Å². The number of hydrogen-bond donors (Lipinski definition) is 0. The molecule has 3 nitrogen and oxygen atoms in total. The Morgan fingerprint density at radius 2 is 1.80 bits per heavy atom. The van der Waals surface area contributed by atoms with E-state index in [1.54, 1.807) is 42.6 Å². The van der Waals surface area contributed by atoms with E-state index in [9.17, 15) is 18.0 Å². The van der Waals surface area contributed by atoms with Crippen LogP contribution in [0.1, 0.15) is 11.3 Å². The third-order valence-corrected chi connectivity index (χ3v) is 3.35. The van der Waals surface area contributed by atoms with Crippen LogP contribution < -0.4 is 4.90 Å². The van der Waals surface area contributed by atoms with Crippen LogP contribution in [0.15, 0.2) is 42.6 Å². The van der Waals surface area contributed by atoms with E-state index < -0.39 is 12.1 Å². The number of halogens is 3. The number of benzene rings is 1. The zero-order valence-corrected chi connectivity index (χ0v) is 10.4. The van der Waals surface area contributed by atoms with Gasteiger partial charge in [0, 0.05) is 24.1 Å². The molecule has 0 saturated heterocycles. The SMILES string of the molecule is O=C(N1Cc2cccn2Cc2ccccc21)C(F)(F)F. The second-order valence-corrected chi connectivity index (χ2v) is 4.65. The van der Waals surface area contributed by atoms with Crippen LogP contribution in [0, 0.1) is 0 Å². The topological polar surface area (TPSA) is 25.2 Å². The molecule has 3 rings (SSSR count). The quantitative estimate of drug-likeness (QED) is 0.728. The maximum atomic E-state index is 12.8. The van der Waals surface area contributed by atoms with Crippen molar-refractivity contribution in [2.24, 2.45) is 0 Å². The second-order valence-electron chi connectivity index (χ2n) is 4.65. The molecule has 104 valence electrons. The molecular weight excluding hydrogens is 269 g/mol. The van der Waals surface area contributed by atoms with Gasteiger partial charge in [0.15, 0.2) is 0 Å². The zero-order valence-electron chi connectivity index (χ0n) is 10.4. The summed E-state index contributed by atoms with van der Waals surface area (Å²) < 4.78 is 40.1. The van der Waals surface area contributed by atoms with E-state index in [-0.39, 0.29) is 6.54 Å². The Labute approximate surface area is 113 Å². The van der Waals surface area contributed by atoms with Gasteiger partial charge in [-0.3, -0.25) is 9.69 Å². The van der Waals surface area contributed by atoms with Gasteiger partial charge in [-0.25, -0.2) is 0 Å². The predicted molar refractivity (Wildman–Crippen MR) is 67.2 cm³/mol. The fourth-order valence-electron chi connectivity index (χ4n) is 2.42. The van der Waals surface area contributed by atoms with Gasteiger partial charge >= 0.3 is 12.1 Å². The second kappa shape index (κ2) is 4.40. The highest BCUT2D eigenvalue weighted by Crippen LogP contribution is 2.31. The number of carbonyl (C=O) groups excluding carboxylic acids is 1. The van der Waals surface area contributed by atoms with Gasteiger partial charge in [0.1, 0.15) is 0 Å². The van der Waals surface area contributed by atoms with E-state index in [1.807, 2.05) is 4.57 Å². The molecule has 6 heteroatoms. The average molecular weight is 280 g/mol. The van der Waals surface area contributed by atoms with E-state index in [0.717, 1.165) is 4.90 Å². The summed E-state index contributed by atoms with van der Waals surface area (Å²) in [6.45, 7) is 0.377. The van der Waals surface area contributed by atoms with Gasteiger partial charge in [0.25, 0.3) is 0 Å². The van der Waals surface area contributed by atoms with Crippen molar-refractivity contribution in [1.29, 1.82) is 0 Å². The first-order chi connectivity index (χ1) is 9.47. The van der Waals surface area contributed by atoms with Crippen LogP contribution in [0.5, 0.6) is 0 Å². The minimum absolute atomic E-state index is 0.0810. The summed E-state index contributed by atoms with van der Waals surface area (Å²) in [5.41, 5.74) is 1.69. The Morgan fingerprint density at radius 1 is 1.05 bits per heavy atom. The largest absolute Gasteiger partial charge is 0.471 e. The molecule has 0 bridgehead atoms. The van der Waals surface area contributed by atoms with Crippen LogP contribution in [0.4, 0.5) is 18.9 Å². The van der Waals surface area contributed by atoms with E-state index in [2.05, 4.69) is 0 Å². The number of anilines is 1. The van der Waals surface area contributed by atoms with E-state index in [4.69, 9.17) is 0 Å². The molecule has 1 aliphatic rings. The highest BCUT2D eigenvalue weighted by molar-refractivity contribution is 5.98. The molecule has 2 aromatic rings. The van der Waals surface area contributed by atoms with E-state index in [0.29, 0.717) is 23.5 Å². The third-order valence-electron chi connectivity index (χ3n) is 3.35. The van der Waals surface area contributed by atoms with Crippen molar-refractivity contribution in [3.63, 3.8) is 0 Å². The fraction of sp³-hybridized carbons (Fsp3) is 0.214. The predicted octanol–water partition coefficient (Wildman–Crippen LogP) is 2.95. The molecule has 1 aromatic heterocycles. The van der Waals surface area contributed by atoms with Crippen LogP contribution in [-0.4, -0.2) is 16.7 Å². The van der Waals surface area contributed by atoms with Crippen LogP contribution in [0.3, 0.4) is 0 Å². The van der Waals surface area contributed by atoms with E-state index in [1.165, 1.54) is 0 Å². The molecular formula is C14H11F3N2O. The maximum absolute atomic E-state index is 12.8. The molecule has 1 aromatic carbocycles. The highest BCUT2D eigenvalue weighted by atomic mass is 19.4. The third kappa shape index (κ3) is 2.07. The summed E-state index contributed by atoms with van der Waals surface area (Å²) in [7, 11) is 0.